The minimum Gasteiger partial charge on any atom is -0.370 e. The molecular weight excluding hydrogens is 126 g/mol. The molecule has 1 fully saturated rings. The quantitative estimate of drug-likeness (QED) is 0.442. The van der Waals surface area contributed by atoms with Gasteiger partial charge in [-0.15, -0.1) is 0 Å². The molecule has 2 unspecified atom stereocenters. The maximum Gasteiger partial charge on any atom is 0.186 e. The highest BCUT2D eigenvalue weighted by Gasteiger charge is 2.35. The smallest absolute Gasteiger partial charge is 0.186 e. The third-order valence-electron chi connectivity index (χ3n) is 1.86. The monoisotopic (exact) mass is 141 g/mol. The van der Waals surface area contributed by atoms with Crippen molar-refractivity contribution in [1.29, 1.82) is 0 Å². The zero-order chi connectivity index (χ0) is 7.56. The molecule has 0 aromatic heterocycles. The Morgan fingerprint density at radius 2 is 2.30 bits per heavy atom. The van der Waals surface area contributed by atoms with Crippen LogP contribution in [-0.2, 0) is 0 Å². The molecule has 0 radical (unpaired) electrons. The van der Waals surface area contributed by atoms with E-state index in [9.17, 15) is 0 Å². The fourth-order valence-electron chi connectivity index (χ4n) is 1.26. The van der Waals surface area contributed by atoms with Gasteiger partial charge in [-0.05, 0) is 18.8 Å². The van der Waals surface area contributed by atoms with Crippen LogP contribution in [-0.4, -0.2) is 12.0 Å². The largest absolute Gasteiger partial charge is 0.370 e. The van der Waals surface area contributed by atoms with E-state index < -0.39 is 0 Å². The van der Waals surface area contributed by atoms with Crippen LogP contribution in [0, 0.1) is 5.92 Å². The number of hydrogen-bond donors (Lipinski definition) is 2. The van der Waals surface area contributed by atoms with Crippen molar-refractivity contribution in [3.8, 4) is 0 Å². The summed E-state index contributed by atoms with van der Waals surface area (Å²) in [6.07, 6.45) is 3.69. The summed E-state index contributed by atoms with van der Waals surface area (Å²) in [5.41, 5.74) is 10.4. The van der Waals surface area contributed by atoms with Gasteiger partial charge >= 0.3 is 0 Å². The molecule has 0 saturated heterocycles. The van der Waals surface area contributed by atoms with Gasteiger partial charge in [0.05, 0.1) is 6.04 Å². The lowest BCUT2D eigenvalue weighted by atomic mass is 10.2. The first kappa shape index (κ1) is 7.38. The summed E-state index contributed by atoms with van der Waals surface area (Å²) in [5, 5.41) is 0. The third-order valence-corrected chi connectivity index (χ3v) is 1.86. The molecule has 0 amide bonds. The van der Waals surface area contributed by atoms with Gasteiger partial charge in [-0.25, -0.2) is 0 Å². The predicted octanol–water partition coefficient (Wildman–Crippen LogP) is 0.448. The van der Waals surface area contributed by atoms with Crippen molar-refractivity contribution in [2.75, 3.05) is 0 Å². The van der Waals surface area contributed by atoms with Gasteiger partial charge in [-0.1, -0.05) is 13.3 Å². The van der Waals surface area contributed by atoms with Crippen LogP contribution < -0.4 is 11.5 Å². The number of nitrogens with zero attached hydrogens (tertiary/aromatic N) is 1. The first-order valence-electron chi connectivity index (χ1n) is 3.82. The lowest BCUT2D eigenvalue weighted by molar-refractivity contribution is 0.683. The molecule has 1 aliphatic carbocycles. The predicted molar refractivity (Wildman–Crippen MR) is 42.6 cm³/mol. The Balaban J connectivity index is 2.19. The molecule has 0 aromatic carbocycles. The zero-order valence-corrected chi connectivity index (χ0v) is 6.38. The first-order valence-corrected chi connectivity index (χ1v) is 3.82. The van der Waals surface area contributed by atoms with Crippen LogP contribution in [0.2, 0.25) is 0 Å². The second-order valence-corrected chi connectivity index (χ2v) is 2.91. The number of aliphatic imine (C=N–C) groups is 1. The highest BCUT2D eigenvalue weighted by molar-refractivity contribution is 5.76. The van der Waals surface area contributed by atoms with Gasteiger partial charge in [0.1, 0.15) is 0 Å². The van der Waals surface area contributed by atoms with E-state index in [1.165, 1.54) is 19.3 Å². The van der Waals surface area contributed by atoms with E-state index in [-0.39, 0.29) is 5.96 Å². The second kappa shape index (κ2) is 2.90. The zero-order valence-electron chi connectivity index (χ0n) is 6.38. The van der Waals surface area contributed by atoms with Crippen molar-refractivity contribution < 1.29 is 0 Å². The summed E-state index contributed by atoms with van der Waals surface area (Å²) < 4.78 is 0. The Morgan fingerprint density at radius 1 is 1.60 bits per heavy atom. The highest BCUT2D eigenvalue weighted by Crippen LogP contribution is 2.37. The molecule has 0 spiro atoms. The SMILES string of the molecule is CCCC1CC1N=C(N)N. The summed E-state index contributed by atoms with van der Waals surface area (Å²) in [4.78, 5) is 4.06. The minimum absolute atomic E-state index is 0.239. The van der Waals surface area contributed by atoms with E-state index in [1.807, 2.05) is 0 Å². The molecule has 1 rings (SSSR count). The van der Waals surface area contributed by atoms with Crippen molar-refractivity contribution in [2.24, 2.45) is 22.4 Å². The van der Waals surface area contributed by atoms with Crippen molar-refractivity contribution in [2.45, 2.75) is 32.2 Å². The fourth-order valence-corrected chi connectivity index (χ4v) is 1.26. The lowest BCUT2D eigenvalue weighted by Crippen LogP contribution is -2.23. The van der Waals surface area contributed by atoms with E-state index >= 15 is 0 Å². The molecule has 58 valence electrons. The van der Waals surface area contributed by atoms with Crippen LogP contribution in [0.4, 0.5) is 0 Å². The Labute approximate surface area is 61.5 Å². The number of nitrogens with two attached hydrogens (primary N) is 2. The molecule has 1 aliphatic rings. The van der Waals surface area contributed by atoms with Gasteiger partial charge in [-0.3, -0.25) is 4.99 Å². The van der Waals surface area contributed by atoms with Crippen LogP contribution in [0.15, 0.2) is 4.99 Å². The summed E-state index contributed by atoms with van der Waals surface area (Å²) in [5.74, 6) is 1.01. The summed E-state index contributed by atoms with van der Waals surface area (Å²) >= 11 is 0. The van der Waals surface area contributed by atoms with Crippen LogP contribution in [0.1, 0.15) is 26.2 Å². The molecule has 0 bridgehead atoms. The maximum absolute atomic E-state index is 5.22. The van der Waals surface area contributed by atoms with Gasteiger partial charge < -0.3 is 11.5 Å². The fraction of sp³-hybridized carbons (Fsp3) is 0.857. The molecule has 2 atom stereocenters. The van der Waals surface area contributed by atoms with Gasteiger partial charge in [0.25, 0.3) is 0 Å². The average molecular weight is 141 g/mol. The number of guanidine groups is 1. The standard InChI is InChI=1S/C7H15N3/c1-2-3-5-4-6(5)10-7(8)9/h5-6H,2-4H2,1H3,(H4,8,9,10). The van der Waals surface area contributed by atoms with Gasteiger partial charge in [0.2, 0.25) is 0 Å². The molecule has 0 heterocycles. The van der Waals surface area contributed by atoms with Gasteiger partial charge in [0, 0.05) is 0 Å². The van der Waals surface area contributed by atoms with Crippen molar-refractivity contribution in [3.05, 3.63) is 0 Å². The third kappa shape index (κ3) is 1.90. The van der Waals surface area contributed by atoms with E-state index in [0.29, 0.717) is 6.04 Å². The molecule has 3 nitrogen and oxygen atoms in total. The molecule has 10 heavy (non-hydrogen) atoms. The molecule has 3 heteroatoms. The number of hydrogen-bond acceptors (Lipinski definition) is 1. The van der Waals surface area contributed by atoms with Crippen molar-refractivity contribution in [3.63, 3.8) is 0 Å². The first-order chi connectivity index (χ1) is 4.74. The summed E-state index contributed by atoms with van der Waals surface area (Å²) in [6, 6.07) is 0.449. The van der Waals surface area contributed by atoms with E-state index in [0.717, 1.165) is 5.92 Å². The van der Waals surface area contributed by atoms with Crippen molar-refractivity contribution in [1.82, 2.24) is 0 Å². The second-order valence-electron chi connectivity index (χ2n) is 2.91. The van der Waals surface area contributed by atoms with Crippen LogP contribution >= 0.6 is 0 Å². The number of rotatable bonds is 3. The van der Waals surface area contributed by atoms with Crippen LogP contribution in [0.25, 0.3) is 0 Å². The Hall–Kier alpha value is -0.730. The molecule has 0 aromatic rings. The Morgan fingerprint density at radius 3 is 2.80 bits per heavy atom. The van der Waals surface area contributed by atoms with Gasteiger partial charge in [-0.2, -0.15) is 0 Å². The van der Waals surface area contributed by atoms with E-state index in [4.69, 9.17) is 11.5 Å². The van der Waals surface area contributed by atoms with Gasteiger partial charge in [0.15, 0.2) is 5.96 Å². The summed E-state index contributed by atoms with van der Waals surface area (Å²) in [7, 11) is 0. The van der Waals surface area contributed by atoms with E-state index in [2.05, 4.69) is 11.9 Å². The maximum atomic E-state index is 5.22. The average Bonchev–Trinajstić information content (AvgIpc) is 2.47. The van der Waals surface area contributed by atoms with Crippen LogP contribution in [0.5, 0.6) is 0 Å². The normalized spacial score (nSPS) is 29.7. The van der Waals surface area contributed by atoms with E-state index in [1.54, 1.807) is 0 Å². The minimum atomic E-state index is 0.239. The Bertz CT molecular complexity index is 138. The van der Waals surface area contributed by atoms with Crippen molar-refractivity contribution >= 4 is 5.96 Å². The molecule has 1 saturated carbocycles. The topological polar surface area (TPSA) is 64.4 Å². The lowest BCUT2D eigenvalue weighted by Gasteiger charge is -1.91. The molecular formula is C7H15N3. The molecule has 0 aliphatic heterocycles. The molecule has 4 N–H and O–H groups in total. The Kier molecular flexibility index (Phi) is 2.14. The summed E-state index contributed by atoms with van der Waals surface area (Å²) in [6.45, 7) is 2.19. The highest BCUT2D eigenvalue weighted by atomic mass is 15.0. The van der Waals surface area contributed by atoms with Crippen LogP contribution in [0.3, 0.4) is 0 Å².